The Hall–Kier alpha value is -6.04. The van der Waals surface area contributed by atoms with E-state index in [1.807, 2.05) is 13.8 Å². The molecule has 12 nitrogen and oxygen atoms in total. The number of carboxylic acids is 4. The zero-order valence-electron chi connectivity index (χ0n) is 28.8. The van der Waals surface area contributed by atoms with Gasteiger partial charge in [0.05, 0.1) is 35.5 Å². The molecule has 52 heavy (non-hydrogen) atoms. The zero-order chi connectivity index (χ0) is 37.7. The van der Waals surface area contributed by atoms with Gasteiger partial charge in [-0.15, -0.1) is 0 Å². The Morgan fingerprint density at radius 2 is 0.692 bits per heavy atom. The molecule has 0 aromatic heterocycles. The summed E-state index contributed by atoms with van der Waals surface area (Å²) in [4.78, 5) is 49.6. The molecular weight excluding hydrogens is 672 g/mol. The van der Waals surface area contributed by atoms with Crippen LogP contribution in [0.4, 0.5) is 0 Å². The average molecular weight is 713 g/mol. The first-order valence-electron chi connectivity index (χ1n) is 17.0. The van der Waals surface area contributed by atoms with Crippen LogP contribution in [0.2, 0.25) is 0 Å². The Balaban J connectivity index is 1.89. The highest BCUT2D eigenvalue weighted by molar-refractivity contribution is 5.91. The van der Waals surface area contributed by atoms with Gasteiger partial charge in [-0.3, -0.25) is 0 Å². The maximum absolute atomic E-state index is 12.4. The van der Waals surface area contributed by atoms with E-state index in [-0.39, 0.29) is 106 Å². The van der Waals surface area contributed by atoms with Gasteiger partial charge in [-0.25, -0.2) is 19.2 Å². The Morgan fingerprint density at radius 3 is 0.904 bits per heavy atom. The SMILES string of the molecule is CCCCOc1c2cc(C(=O)O)cc1Cc1cc(C(=O)O)cc(c1O)Cc1cc(C(=O)O)cc(c1OCCCC)Cc1cc(C(=O)O)cc(c1O)C2. The second-order valence-corrected chi connectivity index (χ2v) is 12.9. The van der Waals surface area contributed by atoms with E-state index in [2.05, 4.69) is 0 Å². The maximum Gasteiger partial charge on any atom is 0.335 e. The highest BCUT2D eigenvalue weighted by Crippen LogP contribution is 2.40. The topological polar surface area (TPSA) is 208 Å². The van der Waals surface area contributed by atoms with E-state index in [9.17, 15) is 49.8 Å². The van der Waals surface area contributed by atoms with E-state index in [0.29, 0.717) is 35.1 Å². The lowest BCUT2D eigenvalue weighted by Gasteiger charge is -2.22. The first-order chi connectivity index (χ1) is 24.8. The Kier molecular flexibility index (Phi) is 11.4. The van der Waals surface area contributed by atoms with E-state index in [1.54, 1.807) is 0 Å². The summed E-state index contributed by atoms with van der Waals surface area (Å²) in [5.74, 6) is -5.11. The molecule has 8 bridgehead atoms. The number of ether oxygens (including phenoxy) is 2. The quantitative estimate of drug-likeness (QED) is 0.0728. The molecule has 0 amide bonds. The summed E-state index contributed by atoms with van der Waals surface area (Å²) in [5.41, 5.74) is 1.27. The van der Waals surface area contributed by atoms with Crippen molar-refractivity contribution in [3.05, 3.63) is 115 Å². The summed E-state index contributed by atoms with van der Waals surface area (Å²) >= 11 is 0. The van der Waals surface area contributed by atoms with Crippen LogP contribution in [0.1, 0.15) is 125 Å². The fourth-order valence-corrected chi connectivity index (χ4v) is 6.42. The van der Waals surface area contributed by atoms with E-state index in [0.717, 1.165) is 12.8 Å². The molecule has 0 saturated heterocycles. The van der Waals surface area contributed by atoms with Gasteiger partial charge in [0.1, 0.15) is 23.0 Å². The predicted octanol–water partition coefficient (Wildman–Crippen LogP) is 6.93. The Morgan fingerprint density at radius 1 is 0.462 bits per heavy atom. The smallest absolute Gasteiger partial charge is 0.335 e. The lowest BCUT2D eigenvalue weighted by atomic mass is 9.88. The van der Waals surface area contributed by atoms with E-state index < -0.39 is 23.9 Å². The lowest BCUT2D eigenvalue weighted by Crippen LogP contribution is -2.11. The van der Waals surface area contributed by atoms with Crippen molar-refractivity contribution in [1.29, 1.82) is 0 Å². The van der Waals surface area contributed by atoms with Crippen LogP contribution in [0.15, 0.2) is 48.5 Å². The van der Waals surface area contributed by atoms with Crippen molar-refractivity contribution in [2.75, 3.05) is 13.2 Å². The summed E-state index contributed by atoms with van der Waals surface area (Å²) in [6, 6.07) is 10.7. The molecular formula is C40H40O12. The number of aromatic carboxylic acids is 4. The van der Waals surface area contributed by atoms with Crippen molar-refractivity contribution in [2.45, 2.75) is 65.2 Å². The van der Waals surface area contributed by atoms with Gasteiger partial charge >= 0.3 is 23.9 Å². The number of benzene rings is 4. The highest BCUT2D eigenvalue weighted by Gasteiger charge is 2.25. The molecule has 0 unspecified atom stereocenters. The number of fused-ring (bicyclic) bond motifs is 8. The molecule has 0 radical (unpaired) electrons. The van der Waals surface area contributed by atoms with Gasteiger partial charge in [-0.2, -0.15) is 0 Å². The highest BCUT2D eigenvalue weighted by atomic mass is 16.5. The van der Waals surface area contributed by atoms with Crippen LogP contribution in [0.25, 0.3) is 0 Å². The molecule has 4 aromatic carbocycles. The average Bonchev–Trinajstić information content (AvgIpc) is 3.09. The summed E-state index contributed by atoms with van der Waals surface area (Å²) in [7, 11) is 0. The monoisotopic (exact) mass is 712 g/mol. The number of aromatic hydroxyl groups is 2. The fraction of sp³-hybridized carbons (Fsp3) is 0.300. The van der Waals surface area contributed by atoms with Crippen LogP contribution < -0.4 is 9.47 Å². The summed E-state index contributed by atoms with van der Waals surface area (Å²) in [5, 5.41) is 63.9. The van der Waals surface area contributed by atoms with Crippen LogP contribution >= 0.6 is 0 Å². The van der Waals surface area contributed by atoms with E-state index >= 15 is 0 Å². The molecule has 0 saturated carbocycles. The summed E-state index contributed by atoms with van der Waals surface area (Å²) in [6.45, 7) is 4.41. The predicted molar refractivity (Wildman–Crippen MR) is 189 cm³/mol. The van der Waals surface area contributed by atoms with Gasteiger partial charge in [0.2, 0.25) is 0 Å². The van der Waals surface area contributed by atoms with Crippen molar-refractivity contribution in [3.8, 4) is 23.0 Å². The van der Waals surface area contributed by atoms with Crippen LogP contribution in [0, 0.1) is 0 Å². The van der Waals surface area contributed by atoms with Gasteiger partial charge in [0, 0.05) is 25.7 Å². The minimum absolute atomic E-state index is 0.137. The van der Waals surface area contributed by atoms with E-state index in [1.165, 1.54) is 48.5 Å². The number of rotatable bonds is 12. The first kappa shape index (κ1) is 37.2. The Labute approximate surface area is 299 Å². The first-order valence-corrected chi connectivity index (χ1v) is 17.0. The second-order valence-electron chi connectivity index (χ2n) is 12.9. The normalized spacial score (nSPS) is 12.2. The molecule has 0 spiro atoms. The molecule has 1 aliphatic rings. The number of unbranched alkanes of at least 4 members (excludes halogenated alkanes) is 2. The number of hydrogen-bond acceptors (Lipinski definition) is 8. The molecule has 5 rings (SSSR count). The van der Waals surface area contributed by atoms with Crippen molar-refractivity contribution in [3.63, 3.8) is 0 Å². The molecule has 0 heterocycles. The second kappa shape index (κ2) is 15.9. The van der Waals surface area contributed by atoms with Gasteiger partial charge in [0.25, 0.3) is 0 Å². The minimum atomic E-state index is -1.28. The van der Waals surface area contributed by atoms with Crippen molar-refractivity contribution >= 4 is 23.9 Å². The van der Waals surface area contributed by atoms with Gasteiger partial charge < -0.3 is 40.1 Å². The van der Waals surface area contributed by atoms with Crippen molar-refractivity contribution in [1.82, 2.24) is 0 Å². The number of carbonyl (C=O) groups is 4. The molecule has 0 aliphatic heterocycles. The third-order valence-corrected chi connectivity index (χ3v) is 9.02. The fourth-order valence-electron chi connectivity index (χ4n) is 6.42. The van der Waals surface area contributed by atoms with Gasteiger partial charge in [0.15, 0.2) is 0 Å². The molecule has 4 aromatic rings. The van der Waals surface area contributed by atoms with Crippen LogP contribution in [-0.2, 0) is 25.7 Å². The minimum Gasteiger partial charge on any atom is -0.507 e. The third kappa shape index (κ3) is 8.12. The molecule has 1 aliphatic carbocycles. The summed E-state index contributed by atoms with van der Waals surface area (Å²) in [6.07, 6.45) is 2.19. The van der Waals surface area contributed by atoms with Crippen LogP contribution in [0.3, 0.4) is 0 Å². The number of phenols is 2. The maximum atomic E-state index is 12.4. The molecule has 0 atom stereocenters. The van der Waals surface area contributed by atoms with Crippen molar-refractivity contribution < 1.29 is 59.3 Å². The standard InChI is InChI=1S/C40H40O12/c1-3-5-7-51-35-25-9-21-13-29(37(43)44)15-23(33(21)41)11-27-19-32(40(49)50)20-28(36(27)52-8-6-4-2)12-24-16-30(38(45)46)14-22(34(24)42)10-26(35)18-31(17-25)39(47)48/h13-20,41-42H,3-12H2,1-2H3,(H,43,44)(H,45,46)(H,47,48)(H,49,50). The number of hydrogen-bond donors (Lipinski definition) is 6. The Bertz CT molecular complexity index is 1820. The largest absolute Gasteiger partial charge is 0.507 e. The number of phenolic OH excluding ortho intramolecular Hbond substituents is 2. The number of carboxylic acid groups (broad SMARTS) is 4. The van der Waals surface area contributed by atoms with Crippen molar-refractivity contribution in [2.24, 2.45) is 0 Å². The van der Waals surface area contributed by atoms with Gasteiger partial charge in [-0.05, 0) is 106 Å². The summed E-state index contributed by atoms with van der Waals surface area (Å²) < 4.78 is 12.5. The molecule has 12 heteroatoms. The van der Waals surface area contributed by atoms with E-state index in [4.69, 9.17) is 9.47 Å². The molecule has 0 fully saturated rings. The molecule has 272 valence electrons. The third-order valence-electron chi connectivity index (χ3n) is 9.02. The van der Waals surface area contributed by atoms with Crippen LogP contribution in [-0.4, -0.2) is 67.7 Å². The lowest BCUT2D eigenvalue weighted by molar-refractivity contribution is 0.0685. The van der Waals surface area contributed by atoms with Crippen LogP contribution in [0.5, 0.6) is 23.0 Å². The zero-order valence-corrected chi connectivity index (χ0v) is 28.8. The van der Waals surface area contributed by atoms with Gasteiger partial charge in [-0.1, -0.05) is 26.7 Å². The molecule has 6 N–H and O–H groups in total.